The number of hydrogen-bond acceptors (Lipinski definition) is 3. The predicted octanol–water partition coefficient (Wildman–Crippen LogP) is 0.775. The second-order valence-electron chi connectivity index (χ2n) is 3.09. The zero-order chi connectivity index (χ0) is 8.43. The van der Waals surface area contributed by atoms with E-state index < -0.39 is 5.92 Å². The van der Waals surface area contributed by atoms with Crippen molar-refractivity contribution in [3.8, 4) is 0 Å². The van der Waals surface area contributed by atoms with Gasteiger partial charge in [0.05, 0.1) is 7.11 Å². The molecule has 1 rings (SSSR count). The van der Waals surface area contributed by atoms with Crippen molar-refractivity contribution in [2.75, 3.05) is 7.11 Å². The van der Waals surface area contributed by atoms with Crippen molar-refractivity contribution in [2.24, 2.45) is 11.8 Å². The number of carbonyl (C=O) groups is 2. The molecule has 0 unspecified atom stereocenters. The highest BCUT2D eigenvalue weighted by Crippen LogP contribution is 2.27. The fourth-order valence-electron chi connectivity index (χ4n) is 1.47. The third kappa shape index (κ3) is 1.59. The summed E-state index contributed by atoms with van der Waals surface area (Å²) in [4.78, 5) is 22.0. The van der Waals surface area contributed by atoms with E-state index in [1.54, 1.807) is 0 Å². The Balaban J connectivity index is 2.60. The second-order valence-corrected chi connectivity index (χ2v) is 3.09. The maximum atomic E-state index is 11.1. The molecule has 0 N–H and O–H groups in total. The molecule has 0 amide bonds. The molecular weight excluding hydrogens is 144 g/mol. The van der Waals surface area contributed by atoms with Crippen LogP contribution in [0.1, 0.15) is 19.8 Å². The van der Waals surface area contributed by atoms with E-state index in [9.17, 15) is 9.59 Å². The zero-order valence-electron chi connectivity index (χ0n) is 6.79. The fraction of sp³-hybridized carbons (Fsp3) is 0.750. The summed E-state index contributed by atoms with van der Waals surface area (Å²) in [5.41, 5.74) is 0. The first-order valence-corrected chi connectivity index (χ1v) is 3.75. The van der Waals surface area contributed by atoms with Crippen molar-refractivity contribution in [1.82, 2.24) is 0 Å². The topological polar surface area (TPSA) is 43.4 Å². The summed E-state index contributed by atoms with van der Waals surface area (Å²) in [6, 6.07) is 0. The summed E-state index contributed by atoms with van der Waals surface area (Å²) in [6.45, 7) is 1.97. The van der Waals surface area contributed by atoms with Crippen LogP contribution in [-0.4, -0.2) is 18.9 Å². The molecule has 0 aliphatic heterocycles. The van der Waals surface area contributed by atoms with Crippen molar-refractivity contribution in [1.29, 1.82) is 0 Å². The first kappa shape index (κ1) is 8.24. The summed E-state index contributed by atoms with van der Waals surface area (Å²) in [6.07, 6.45) is 1.19. The fourth-order valence-corrected chi connectivity index (χ4v) is 1.47. The molecule has 2 atom stereocenters. The number of rotatable bonds is 1. The standard InChI is InChI=1S/C8H12O3/c1-5-3-6(7(9)4-5)8(10)11-2/h5-6H,3-4H2,1-2H3/t5-,6+/m1/s1. The highest BCUT2D eigenvalue weighted by Gasteiger charge is 2.35. The van der Waals surface area contributed by atoms with Gasteiger partial charge in [0.2, 0.25) is 0 Å². The highest BCUT2D eigenvalue weighted by molar-refractivity contribution is 6.00. The molecule has 1 aliphatic carbocycles. The molecule has 1 fully saturated rings. The van der Waals surface area contributed by atoms with Gasteiger partial charge in [-0.05, 0) is 12.3 Å². The van der Waals surface area contributed by atoms with Crippen molar-refractivity contribution in [3.05, 3.63) is 0 Å². The van der Waals surface area contributed by atoms with Crippen LogP contribution in [0.4, 0.5) is 0 Å². The van der Waals surface area contributed by atoms with Crippen LogP contribution in [0.2, 0.25) is 0 Å². The van der Waals surface area contributed by atoms with Crippen molar-refractivity contribution < 1.29 is 14.3 Å². The molecule has 1 aliphatic rings. The van der Waals surface area contributed by atoms with E-state index in [1.807, 2.05) is 6.92 Å². The lowest BCUT2D eigenvalue weighted by Gasteiger charge is -2.03. The number of esters is 1. The van der Waals surface area contributed by atoms with Crippen LogP contribution < -0.4 is 0 Å². The summed E-state index contributed by atoms with van der Waals surface area (Å²) in [5, 5.41) is 0. The molecule has 0 bridgehead atoms. The van der Waals surface area contributed by atoms with Gasteiger partial charge in [0.25, 0.3) is 0 Å². The summed E-state index contributed by atoms with van der Waals surface area (Å²) in [5.74, 6) is -0.481. The van der Waals surface area contributed by atoms with Gasteiger partial charge < -0.3 is 4.74 Å². The monoisotopic (exact) mass is 156 g/mol. The van der Waals surface area contributed by atoms with E-state index in [0.717, 1.165) is 0 Å². The molecule has 0 radical (unpaired) electrons. The Morgan fingerprint density at radius 2 is 2.27 bits per heavy atom. The SMILES string of the molecule is COC(=O)[C@H]1C[C@@H](C)CC1=O. The Labute approximate surface area is 65.7 Å². The Kier molecular flexibility index (Phi) is 2.27. The van der Waals surface area contributed by atoms with Gasteiger partial charge in [-0.3, -0.25) is 9.59 Å². The van der Waals surface area contributed by atoms with Crippen LogP contribution in [0.5, 0.6) is 0 Å². The van der Waals surface area contributed by atoms with Crippen molar-refractivity contribution >= 4 is 11.8 Å². The molecule has 62 valence electrons. The van der Waals surface area contributed by atoms with Crippen LogP contribution in [0.3, 0.4) is 0 Å². The van der Waals surface area contributed by atoms with Gasteiger partial charge in [0, 0.05) is 6.42 Å². The number of ether oxygens (including phenoxy) is 1. The summed E-state index contributed by atoms with van der Waals surface area (Å²) >= 11 is 0. The van der Waals surface area contributed by atoms with E-state index in [-0.39, 0.29) is 11.8 Å². The van der Waals surface area contributed by atoms with E-state index in [1.165, 1.54) is 7.11 Å². The van der Waals surface area contributed by atoms with Gasteiger partial charge >= 0.3 is 5.97 Å². The number of carbonyl (C=O) groups excluding carboxylic acids is 2. The van der Waals surface area contributed by atoms with Crippen LogP contribution in [0, 0.1) is 11.8 Å². The smallest absolute Gasteiger partial charge is 0.316 e. The van der Waals surface area contributed by atoms with E-state index in [0.29, 0.717) is 18.8 Å². The highest BCUT2D eigenvalue weighted by atomic mass is 16.5. The molecule has 0 aromatic heterocycles. The molecular formula is C8H12O3. The first-order chi connectivity index (χ1) is 5.15. The Bertz CT molecular complexity index is 178. The number of methoxy groups -OCH3 is 1. The van der Waals surface area contributed by atoms with Crippen molar-refractivity contribution in [2.45, 2.75) is 19.8 Å². The minimum atomic E-state index is -0.477. The number of ketones is 1. The van der Waals surface area contributed by atoms with Gasteiger partial charge in [0.15, 0.2) is 0 Å². The van der Waals surface area contributed by atoms with Gasteiger partial charge in [-0.25, -0.2) is 0 Å². The molecule has 0 heterocycles. The normalized spacial score (nSPS) is 30.5. The maximum Gasteiger partial charge on any atom is 0.316 e. The Morgan fingerprint density at radius 3 is 2.64 bits per heavy atom. The lowest BCUT2D eigenvalue weighted by atomic mass is 10.1. The lowest BCUT2D eigenvalue weighted by Crippen LogP contribution is -2.19. The van der Waals surface area contributed by atoms with Gasteiger partial charge in [-0.15, -0.1) is 0 Å². The predicted molar refractivity (Wildman–Crippen MR) is 38.9 cm³/mol. The molecule has 1 saturated carbocycles. The van der Waals surface area contributed by atoms with Crippen LogP contribution >= 0.6 is 0 Å². The Hall–Kier alpha value is -0.860. The number of hydrogen-bond donors (Lipinski definition) is 0. The molecule has 0 aromatic carbocycles. The third-order valence-corrected chi connectivity index (χ3v) is 2.06. The molecule has 3 nitrogen and oxygen atoms in total. The minimum Gasteiger partial charge on any atom is -0.468 e. The van der Waals surface area contributed by atoms with Crippen LogP contribution in [0.25, 0.3) is 0 Å². The minimum absolute atomic E-state index is 0.0318. The quantitative estimate of drug-likeness (QED) is 0.416. The van der Waals surface area contributed by atoms with E-state index in [2.05, 4.69) is 4.74 Å². The molecule has 11 heavy (non-hydrogen) atoms. The molecule has 3 heteroatoms. The Morgan fingerprint density at radius 1 is 1.64 bits per heavy atom. The molecule has 0 saturated heterocycles. The summed E-state index contributed by atoms with van der Waals surface area (Å²) < 4.78 is 4.49. The van der Waals surface area contributed by atoms with E-state index in [4.69, 9.17) is 0 Å². The van der Waals surface area contributed by atoms with Crippen LogP contribution in [-0.2, 0) is 14.3 Å². The average Bonchev–Trinajstić information content (AvgIpc) is 2.28. The van der Waals surface area contributed by atoms with Gasteiger partial charge in [0.1, 0.15) is 11.7 Å². The lowest BCUT2D eigenvalue weighted by molar-refractivity contribution is -0.148. The molecule has 0 aromatic rings. The van der Waals surface area contributed by atoms with Crippen molar-refractivity contribution in [3.63, 3.8) is 0 Å². The van der Waals surface area contributed by atoms with Crippen LogP contribution in [0.15, 0.2) is 0 Å². The van der Waals surface area contributed by atoms with Gasteiger partial charge in [-0.2, -0.15) is 0 Å². The average molecular weight is 156 g/mol. The number of Topliss-reactive ketones (excluding diaryl/α,β-unsaturated/α-hetero) is 1. The maximum absolute atomic E-state index is 11.1. The third-order valence-electron chi connectivity index (χ3n) is 2.06. The zero-order valence-corrected chi connectivity index (χ0v) is 6.79. The van der Waals surface area contributed by atoms with E-state index >= 15 is 0 Å². The second kappa shape index (κ2) is 3.03. The first-order valence-electron chi connectivity index (χ1n) is 3.75. The molecule has 0 spiro atoms. The van der Waals surface area contributed by atoms with Gasteiger partial charge in [-0.1, -0.05) is 6.92 Å². The largest absolute Gasteiger partial charge is 0.468 e. The summed E-state index contributed by atoms with van der Waals surface area (Å²) in [7, 11) is 1.32.